The number of rotatable bonds is 3. The molecule has 0 fully saturated rings. The molecule has 0 spiro atoms. The van der Waals surface area contributed by atoms with E-state index in [-0.39, 0.29) is 15.8 Å². The summed E-state index contributed by atoms with van der Waals surface area (Å²) in [5, 5.41) is 0. The van der Waals surface area contributed by atoms with Crippen molar-refractivity contribution >= 4 is 15.8 Å². The van der Waals surface area contributed by atoms with E-state index in [9.17, 15) is 9.13 Å². The average Bonchev–Trinajstić information content (AvgIpc) is 2.01. The van der Waals surface area contributed by atoms with Crippen molar-refractivity contribution in [2.75, 3.05) is 6.54 Å². The molecular formula is C6H9NO2P2. The van der Waals surface area contributed by atoms with Crippen molar-refractivity contribution in [3.63, 3.8) is 0 Å². The second kappa shape index (κ2) is 8.08. The Balaban J connectivity index is 4.03. The molecule has 0 bridgehead atoms. The van der Waals surface area contributed by atoms with Gasteiger partial charge < -0.3 is 0 Å². The second-order valence-electron chi connectivity index (χ2n) is 1.89. The van der Waals surface area contributed by atoms with Crippen LogP contribution < -0.4 is 0 Å². The molecule has 0 saturated heterocycles. The van der Waals surface area contributed by atoms with Gasteiger partial charge >= 0.3 is 67.7 Å². The van der Waals surface area contributed by atoms with E-state index in [1.165, 1.54) is 4.90 Å². The molecule has 0 N–H and O–H groups in total. The van der Waals surface area contributed by atoms with E-state index >= 15 is 0 Å². The summed E-state index contributed by atoms with van der Waals surface area (Å²) in [5.74, 6) is 4.90. The van der Waals surface area contributed by atoms with Gasteiger partial charge in [0.25, 0.3) is 0 Å². The summed E-state index contributed by atoms with van der Waals surface area (Å²) in [5.41, 5.74) is 0. The van der Waals surface area contributed by atoms with E-state index < -0.39 is 0 Å². The fourth-order valence-corrected chi connectivity index (χ4v) is 1.11. The topological polar surface area (TPSA) is 37.4 Å². The Morgan fingerprint density at radius 3 is 2.18 bits per heavy atom. The molecule has 0 aliphatic rings. The van der Waals surface area contributed by atoms with Crippen LogP contribution in [0.25, 0.3) is 0 Å². The van der Waals surface area contributed by atoms with E-state index in [0.29, 0.717) is 6.54 Å². The van der Waals surface area contributed by atoms with Gasteiger partial charge in [0.15, 0.2) is 0 Å². The third-order valence-electron chi connectivity index (χ3n) is 1.06. The van der Waals surface area contributed by atoms with Crippen molar-refractivity contribution in [3.8, 4) is 11.5 Å². The standard InChI is InChI=1S/C6H9NO2P2/c1-2-3-4-7(5-10-8)6-11-9/h2-4H2,1H3. The first-order valence-corrected chi connectivity index (χ1v) is 4.91. The van der Waals surface area contributed by atoms with Crippen molar-refractivity contribution in [3.05, 3.63) is 0 Å². The van der Waals surface area contributed by atoms with E-state index in [1.54, 1.807) is 0 Å². The molecule has 11 heavy (non-hydrogen) atoms. The summed E-state index contributed by atoms with van der Waals surface area (Å²) in [6.45, 7) is 2.71. The van der Waals surface area contributed by atoms with Gasteiger partial charge in [-0.15, -0.1) is 0 Å². The Morgan fingerprint density at radius 2 is 1.82 bits per heavy atom. The molecule has 0 unspecified atom stereocenters. The van der Waals surface area contributed by atoms with Gasteiger partial charge in [0.1, 0.15) is 0 Å². The van der Waals surface area contributed by atoms with E-state index in [2.05, 4.69) is 11.5 Å². The van der Waals surface area contributed by atoms with Gasteiger partial charge in [0.05, 0.1) is 0 Å². The minimum atomic E-state index is -0.200. The molecule has 0 aromatic carbocycles. The van der Waals surface area contributed by atoms with E-state index in [4.69, 9.17) is 0 Å². The molecule has 0 aromatic rings. The number of hydrogen-bond acceptors (Lipinski definition) is 3. The predicted molar refractivity (Wildman–Crippen MR) is 44.6 cm³/mol. The van der Waals surface area contributed by atoms with Gasteiger partial charge in [-0.25, -0.2) is 0 Å². The maximum atomic E-state index is 10.1. The molecule has 60 valence electrons. The van der Waals surface area contributed by atoms with Gasteiger partial charge in [0.2, 0.25) is 0 Å². The summed E-state index contributed by atoms with van der Waals surface area (Å²) < 4.78 is 20.1. The predicted octanol–water partition coefficient (Wildman–Crippen LogP) is 2.51. The molecule has 0 rings (SSSR count). The fraction of sp³-hybridized carbons (Fsp3) is 0.667. The van der Waals surface area contributed by atoms with Gasteiger partial charge in [-0.1, -0.05) is 0 Å². The van der Waals surface area contributed by atoms with Crippen LogP contribution in [0.2, 0.25) is 0 Å². The molecule has 0 heterocycles. The Kier molecular flexibility index (Phi) is 8.07. The third kappa shape index (κ3) is 6.38. The first-order valence-electron chi connectivity index (χ1n) is 3.28. The zero-order chi connectivity index (χ0) is 8.53. The van der Waals surface area contributed by atoms with Crippen LogP contribution in [0.15, 0.2) is 0 Å². The van der Waals surface area contributed by atoms with Crippen molar-refractivity contribution in [2.45, 2.75) is 19.8 Å². The van der Waals surface area contributed by atoms with Gasteiger partial charge in [0, 0.05) is 0 Å². The van der Waals surface area contributed by atoms with Crippen LogP contribution in [0.3, 0.4) is 0 Å². The monoisotopic (exact) mass is 189 g/mol. The first kappa shape index (κ1) is 11.0. The van der Waals surface area contributed by atoms with Crippen molar-refractivity contribution in [1.82, 2.24) is 4.90 Å². The van der Waals surface area contributed by atoms with Crippen LogP contribution in [0.4, 0.5) is 0 Å². The first-order chi connectivity index (χ1) is 5.35. The summed E-state index contributed by atoms with van der Waals surface area (Å²) in [7, 11) is -0.401. The van der Waals surface area contributed by atoms with Crippen LogP contribution >= 0.6 is 15.8 Å². The summed E-state index contributed by atoms with van der Waals surface area (Å²) in [6, 6.07) is 0. The molecule has 0 amide bonds. The Labute approximate surface area is 68.4 Å². The van der Waals surface area contributed by atoms with E-state index in [1.807, 2.05) is 6.92 Å². The van der Waals surface area contributed by atoms with Crippen molar-refractivity contribution in [2.24, 2.45) is 0 Å². The van der Waals surface area contributed by atoms with Crippen molar-refractivity contribution in [1.29, 1.82) is 0 Å². The molecule has 0 radical (unpaired) electrons. The number of unbranched alkanes of at least 4 members (excludes halogenated alkanes) is 1. The molecule has 0 atom stereocenters. The quantitative estimate of drug-likeness (QED) is 0.505. The minimum absolute atomic E-state index is 0.200. The van der Waals surface area contributed by atoms with Gasteiger partial charge in [-0.05, 0) is 0 Å². The van der Waals surface area contributed by atoms with Crippen LogP contribution in [0, 0.1) is 11.5 Å². The molecular weight excluding hydrogens is 180 g/mol. The Bertz CT molecular complexity index is 261. The zero-order valence-corrected chi connectivity index (χ0v) is 8.07. The summed E-state index contributed by atoms with van der Waals surface area (Å²) >= 11 is 0. The molecule has 0 aliphatic carbocycles. The van der Waals surface area contributed by atoms with Crippen molar-refractivity contribution < 1.29 is 9.13 Å². The summed E-state index contributed by atoms with van der Waals surface area (Å²) in [6.07, 6.45) is 1.98. The molecule has 5 heteroatoms. The SMILES string of the molecule is CCCCN(C#P=O)C#P=O. The molecule has 0 aliphatic heterocycles. The van der Waals surface area contributed by atoms with Crippen LogP contribution in [0.1, 0.15) is 19.8 Å². The zero-order valence-electron chi connectivity index (χ0n) is 6.28. The second-order valence-corrected chi connectivity index (χ2v) is 2.65. The fourth-order valence-electron chi connectivity index (χ4n) is 0.537. The van der Waals surface area contributed by atoms with Gasteiger partial charge in [-0.3, -0.25) is 0 Å². The number of nitrogens with zero attached hydrogens (tertiary/aromatic N) is 1. The number of hydrogen-bond donors (Lipinski definition) is 0. The Morgan fingerprint density at radius 1 is 1.27 bits per heavy atom. The van der Waals surface area contributed by atoms with Crippen LogP contribution in [-0.2, 0) is 9.13 Å². The van der Waals surface area contributed by atoms with Crippen LogP contribution in [0.5, 0.6) is 0 Å². The molecule has 0 aromatic heterocycles. The van der Waals surface area contributed by atoms with E-state index in [0.717, 1.165) is 12.8 Å². The normalized spacial score (nSPS) is 8.55. The maximum absolute atomic E-state index is 10.1. The third-order valence-corrected chi connectivity index (χ3v) is 1.70. The Hall–Kier alpha value is -0.0200. The molecule has 3 nitrogen and oxygen atoms in total. The average molecular weight is 189 g/mol. The summed E-state index contributed by atoms with van der Waals surface area (Å²) in [4.78, 5) is 1.42. The molecule has 0 saturated carbocycles. The van der Waals surface area contributed by atoms with Gasteiger partial charge in [-0.2, -0.15) is 0 Å². The van der Waals surface area contributed by atoms with Crippen LogP contribution in [-0.4, -0.2) is 11.4 Å².